The van der Waals surface area contributed by atoms with Crippen molar-refractivity contribution in [3.8, 4) is 0 Å². The summed E-state index contributed by atoms with van der Waals surface area (Å²) in [6.45, 7) is 4.35. The van der Waals surface area contributed by atoms with Gasteiger partial charge in [-0.15, -0.1) is 0 Å². The van der Waals surface area contributed by atoms with E-state index in [4.69, 9.17) is 29.8 Å². The molecular weight excluding hydrogens is 392 g/mol. The molecule has 0 aliphatic carbocycles. The molecule has 1 atom stereocenters. The van der Waals surface area contributed by atoms with Gasteiger partial charge in [0.15, 0.2) is 0 Å². The Balaban J connectivity index is 0.00000141. The van der Waals surface area contributed by atoms with Gasteiger partial charge < -0.3 is 30.4 Å². The van der Waals surface area contributed by atoms with E-state index < -0.39 is 17.9 Å². The van der Waals surface area contributed by atoms with Crippen LogP contribution in [0.4, 0.5) is 0 Å². The number of allylic oxidation sites excluding steroid dienone is 1. The van der Waals surface area contributed by atoms with E-state index in [1.807, 2.05) is 30.3 Å². The van der Waals surface area contributed by atoms with E-state index in [0.717, 1.165) is 5.56 Å². The number of hydrogen-bond acceptors (Lipinski definition) is 8. The summed E-state index contributed by atoms with van der Waals surface area (Å²) in [6, 6.07) is 9.31. The SMILES string of the molecule is CCOC(=O)C1=C(COCCN)NC(C)=C(C(=O)OC)C1c1ccccc1.O=CO. The summed E-state index contributed by atoms with van der Waals surface area (Å²) in [5.41, 5.74) is 8.15. The minimum Gasteiger partial charge on any atom is -0.483 e. The molecule has 0 radical (unpaired) electrons. The third-order valence-electron chi connectivity index (χ3n) is 4.19. The second-order valence-electron chi connectivity index (χ2n) is 6.06. The molecular formula is C21H28N2O7. The molecule has 1 heterocycles. The van der Waals surface area contributed by atoms with Crippen LogP contribution in [0, 0.1) is 0 Å². The Morgan fingerprint density at radius 1 is 1.20 bits per heavy atom. The van der Waals surface area contributed by atoms with Crippen LogP contribution >= 0.6 is 0 Å². The molecule has 0 spiro atoms. The molecule has 0 fully saturated rings. The van der Waals surface area contributed by atoms with Crippen molar-refractivity contribution in [1.82, 2.24) is 5.32 Å². The van der Waals surface area contributed by atoms with Gasteiger partial charge in [0, 0.05) is 12.2 Å². The van der Waals surface area contributed by atoms with Crippen LogP contribution in [-0.4, -0.2) is 57.0 Å². The highest BCUT2D eigenvalue weighted by Crippen LogP contribution is 2.39. The molecule has 0 saturated carbocycles. The van der Waals surface area contributed by atoms with Gasteiger partial charge in [0.2, 0.25) is 0 Å². The smallest absolute Gasteiger partial charge is 0.336 e. The lowest BCUT2D eigenvalue weighted by Crippen LogP contribution is -2.35. The number of esters is 2. The van der Waals surface area contributed by atoms with Crippen molar-refractivity contribution < 1.29 is 33.7 Å². The average molecular weight is 420 g/mol. The van der Waals surface area contributed by atoms with Gasteiger partial charge in [0.25, 0.3) is 6.47 Å². The van der Waals surface area contributed by atoms with Crippen LogP contribution in [0.25, 0.3) is 0 Å². The predicted octanol–water partition coefficient (Wildman–Crippen LogP) is 1.31. The molecule has 1 aromatic rings. The highest BCUT2D eigenvalue weighted by molar-refractivity contribution is 5.99. The van der Waals surface area contributed by atoms with E-state index in [-0.39, 0.29) is 19.7 Å². The quantitative estimate of drug-likeness (QED) is 0.323. The number of ether oxygens (including phenoxy) is 3. The van der Waals surface area contributed by atoms with Crippen molar-refractivity contribution in [3.63, 3.8) is 0 Å². The van der Waals surface area contributed by atoms with Gasteiger partial charge in [0.1, 0.15) is 0 Å². The van der Waals surface area contributed by atoms with Gasteiger partial charge in [-0.05, 0) is 19.4 Å². The van der Waals surface area contributed by atoms with Gasteiger partial charge >= 0.3 is 11.9 Å². The van der Waals surface area contributed by atoms with Gasteiger partial charge in [-0.3, -0.25) is 4.79 Å². The number of hydrogen-bond donors (Lipinski definition) is 3. The van der Waals surface area contributed by atoms with Crippen LogP contribution in [0.15, 0.2) is 52.9 Å². The molecule has 30 heavy (non-hydrogen) atoms. The number of carboxylic acid groups (broad SMARTS) is 1. The van der Waals surface area contributed by atoms with Crippen LogP contribution < -0.4 is 11.1 Å². The van der Waals surface area contributed by atoms with Crippen LogP contribution in [0.5, 0.6) is 0 Å². The third kappa shape index (κ3) is 6.43. The van der Waals surface area contributed by atoms with Crippen molar-refractivity contribution in [2.75, 3.05) is 33.5 Å². The fourth-order valence-corrected chi connectivity index (χ4v) is 3.08. The molecule has 0 saturated heterocycles. The topological polar surface area (TPSA) is 137 Å². The van der Waals surface area contributed by atoms with E-state index in [0.29, 0.717) is 35.7 Å². The average Bonchev–Trinajstić information content (AvgIpc) is 2.74. The Bertz CT molecular complexity index is 788. The highest BCUT2D eigenvalue weighted by atomic mass is 16.5. The molecule has 0 bridgehead atoms. The zero-order chi connectivity index (χ0) is 22.5. The standard InChI is InChI=1S/C20H26N2O5.CH2O2/c1-4-27-20(24)18-15(12-26-11-10-21)22-13(2)16(19(23)25-3)17(18)14-8-6-5-7-9-14;2-1-3/h5-9,17,22H,4,10-12,21H2,1-3H3;1H,(H,2,3). The van der Waals surface area contributed by atoms with Crippen molar-refractivity contribution in [2.24, 2.45) is 5.73 Å². The highest BCUT2D eigenvalue weighted by Gasteiger charge is 2.38. The first-order valence-corrected chi connectivity index (χ1v) is 9.33. The summed E-state index contributed by atoms with van der Waals surface area (Å²) in [5.74, 6) is -1.62. The van der Waals surface area contributed by atoms with Gasteiger partial charge in [0.05, 0.1) is 49.7 Å². The van der Waals surface area contributed by atoms with Gasteiger partial charge in [-0.25, -0.2) is 9.59 Å². The maximum atomic E-state index is 12.8. The Morgan fingerprint density at radius 2 is 1.83 bits per heavy atom. The molecule has 1 unspecified atom stereocenters. The van der Waals surface area contributed by atoms with E-state index in [1.54, 1.807) is 13.8 Å². The minimum atomic E-state index is -0.615. The Labute approximate surface area is 175 Å². The fourth-order valence-electron chi connectivity index (χ4n) is 3.08. The van der Waals surface area contributed by atoms with Gasteiger partial charge in [-0.2, -0.15) is 0 Å². The van der Waals surface area contributed by atoms with Crippen LogP contribution in [0.2, 0.25) is 0 Å². The number of carbonyl (C=O) groups is 3. The molecule has 0 amide bonds. The first kappa shape index (κ1) is 24.9. The number of nitrogens with two attached hydrogens (primary N) is 1. The van der Waals surface area contributed by atoms with Gasteiger partial charge in [-0.1, -0.05) is 30.3 Å². The fraction of sp³-hybridized carbons (Fsp3) is 0.381. The summed E-state index contributed by atoms with van der Waals surface area (Å²) in [5, 5.41) is 10.0. The summed E-state index contributed by atoms with van der Waals surface area (Å²) in [6.07, 6.45) is 0. The van der Waals surface area contributed by atoms with E-state index in [2.05, 4.69) is 5.32 Å². The predicted molar refractivity (Wildman–Crippen MR) is 109 cm³/mol. The zero-order valence-corrected chi connectivity index (χ0v) is 17.3. The molecule has 9 heteroatoms. The van der Waals surface area contributed by atoms with Crippen LogP contribution in [0.3, 0.4) is 0 Å². The molecule has 2 rings (SSSR count). The van der Waals surface area contributed by atoms with E-state index >= 15 is 0 Å². The Hall–Kier alpha value is -3.17. The van der Waals surface area contributed by atoms with Crippen molar-refractivity contribution in [1.29, 1.82) is 0 Å². The van der Waals surface area contributed by atoms with Crippen LogP contribution in [0.1, 0.15) is 25.3 Å². The second-order valence-corrected chi connectivity index (χ2v) is 6.06. The summed E-state index contributed by atoms with van der Waals surface area (Å²) in [4.78, 5) is 33.7. The number of carbonyl (C=O) groups excluding carboxylic acids is 2. The Morgan fingerprint density at radius 3 is 2.37 bits per heavy atom. The molecule has 0 aromatic heterocycles. The maximum Gasteiger partial charge on any atom is 0.336 e. The molecule has 164 valence electrons. The zero-order valence-electron chi connectivity index (χ0n) is 17.3. The number of rotatable bonds is 8. The monoisotopic (exact) mass is 420 g/mol. The molecule has 9 nitrogen and oxygen atoms in total. The lowest BCUT2D eigenvalue weighted by molar-refractivity contribution is -0.139. The number of methoxy groups -OCH3 is 1. The lowest BCUT2D eigenvalue weighted by Gasteiger charge is -2.31. The molecule has 1 aliphatic heterocycles. The lowest BCUT2D eigenvalue weighted by atomic mass is 9.80. The number of dihydropyridines is 1. The third-order valence-corrected chi connectivity index (χ3v) is 4.19. The van der Waals surface area contributed by atoms with Crippen molar-refractivity contribution in [2.45, 2.75) is 19.8 Å². The minimum absolute atomic E-state index is 0.153. The maximum absolute atomic E-state index is 12.8. The Kier molecular flexibility index (Phi) is 10.9. The summed E-state index contributed by atoms with van der Waals surface area (Å²) >= 11 is 0. The van der Waals surface area contributed by atoms with Crippen molar-refractivity contribution in [3.05, 3.63) is 58.4 Å². The number of benzene rings is 1. The first-order chi connectivity index (χ1) is 14.5. The molecule has 1 aromatic carbocycles. The largest absolute Gasteiger partial charge is 0.483 e. The van der Waals surface area contributed by atoms with E-state index in [1.165, 1.54) is 7.11 Å². The summed E-state index contributed by atoms with van der Waals surface area (Å²) in [7, 11) is 1.32. The number of nitrogens with one attached hydrogen (secondary N) is 1. The van der Waals surface area contributed by atoms with Crippen molar-refractivity contribution >= 4 is 18.4 Å². The molecule has 4 N–H and O–H groups in total. The summed E-state index contributed by atoms with van der Waals surface area (Å²) < 4.78 is 15.8. The first-order valence-electron chi connectivity index (χ1n) is 9.33. The van der Waals surface area contributed by atoms with E-state index in [9.17, 15) is 9.59 Å². The second kappa shape index (κ2) is 13.1. The van der Waals surface area contributed by atoms with Crippen LogP contribution in [-0.2, 0) is 28.6 Å². The normalized spacial score (nSPS) is 15.5. The molecule has 1 aliphatic rings.